The molecule has 0 aliphatic rings. The molecule has 0 atom stereocenters. The molecule has 0 aliphatic carbocycles. The number of hydrogen-bond donors (Lipinski definition) is 1. The van der Waals surface area contributed by atoms with Gasteiger partial charge in [-0.05, 0) is 79.0 Å². The molecule has 1 N–H and O–H groups in total. The molecule has 0 unspecified atom stereocenters. The predicted octanol–water partition coefficient (Wildman–Crippen LogP) is 5.38. The van der Waals surface area contributed by atoms with Crippen LogP contribution >= 0.6 is 15.9 Å². The van der Waals surface area contributed by atoms with Crippen molar-refractivity contribution in [2.45, 2.75) is 40.3 Å². The third kappa shape index (κ3) is 6.96. The maximum Gasteiger partial charge on any atom is 0.244 e. The lowest BCUT2D eigenvalue weighted by Crippen LogP contribution is -2.23. The number of rotatable bonds is 10. The van der Waals surface area contributed by atoms with Crippen LogP contribution in [0.3, 0.4) is 0 Å². The highest BCUT2D eigenvalue weighted by atomic mass is 79.9. The molecule has 0 spiro atoms. The van der Waals surface area contributed by atoms with Crippen molar-refractivity contribution in [1.82, 2.24) is 15.1 Å². The zero-order valence-corrected chi connectivity index (χ0v) is 21.1. The summed E-state index contributed by atoms with van der Waals surface area (Å²) in [6, 6.07) is 13.7. The smallest absolute Gasteiger partial charge is 0.244 e. The van der Waals surface area contributed by atoms with Crippen LogP contribution in [0.2, 0.25) is 0 Å². The van der Waals surface area contributed by atoms with E-state index < -0.39 is 0 Å². The van der Waals surface area contributed by atoms with E-state index in [1.54, 1.807) is 19.3 Å². The summed E-state index contributed by atoms with van der Waals surface area (Å²) in [6.07, 6.45) is 4.14. The molecule has 7 heteroatoms. The molecular weight excluding hydrogens is 482 g/mol. The maximum atomic E-state index is 12.2. The fraction of sp³-hybridized carbons (Fsp3) is 0.308. The molecule has 0 fully saturated rings. The number of methoxy groups -OCH3 is 1. The Balaban J connectivity index is 1.51. The number of nitrogens with one attached hydrogen (secondary N) is 1. The highest BCUT2D eigenvalue weighted by molar-refractivity contribution is 9.10. The van der Waals surface area contributed by atoms with E-state index in [-0.39, 0.29) is 5.91 Å². The van der Waals surface area contributed by atoms with Crippen LogP contribution in [0.15, 0.2) is 53.0 Å². The summed E-state index contributed by atoms with van der Waals surface area (Å²) in [5, 5.41) is 7.41. The molecule has 1 amide bonds. The predicted molar refractivity (Wildman–Crippen MR) is 135 cm³/mol. The largest absolute Gasteiger partial charge is 0.496 e. The second kappa shape index (κ2) is 11.7. The topological polar surface area (TPSA) is 65.4 Å². The molecule has 0 radical (unpaired) electrons. The molecule has 33 heavy (non-hydrogen) atoms. The van der Waals surface area contributed by atoms with Crippen LogP contribution in [0.1, 0.15) is 34.5 Å². The molecule has 0 aliphatic heterocycles. The third-order valence-electron chi connectivity index (χ3n) is 5.29. The summed E-state index contributed by atoms with van der Waals surface area (Å²) in [5.74, 6) is 1.42. The van der Waals surface area contributed by atoms with Crippen LogP contribution in [0.5, 0.6) is 11.5 Å². The van der Waals surface area contributed by atoms with E-state index in [1.807, 2.05) is 67.9 Å². The third-order valence-corrected chi connectivity index (χ3v) is 6.43. The highest BCUT2D eigenvalue weighted by Crippen LogP contribution is 2.23. The molecule has 3 rings (SSSR count). The first-order valence-electron chi connectivity index (χ1n) is 10.9. The Labute approximate surface area is 203 Å². The number of hydrogen-bond acceptors (Lipinski definition) is 4. The van der Waals surface area contributed by atoms with Gasteiger partial charge >= 0.3 is 0 Å². The van der Waals surface area contributed by atoms with Gasteiger partial charge in [0.2, 0.25) is 5.91 Å². The summed E-state index contributed by atoms with van der Waals surface area (Å²) in [4.78, 5) is 12.2. The first-order chi connectivity index (χ1) is 15.9. The maximum absolute atomic E-state index is 12.2. The number of benzene rings is 2. The molecule has 1 heterocycles. The van der Waals surface area contributed by atoms with Crippen LogP contribution < -0.4 is 14.8 Å². The van der Waals surface area contributed by atoms with E-state index in [1.165, 1.54) is 5.56 Å². The minimum absolute atomic E-state index is 0.127. The van der Waals surface area contributed by atoms with Gasteiger partial charge in [0.05, 0.1) is 17.3 Å². The van der Waals surface area contributed by atoms with Gasteiger partial charge in [0.25, 0.3) is 0 Å². The Bertz CT molecular complexity index is 1120. The molecule has 174 valence electrons. The van der Waals surface area contributed by atoms with Crippen LogP contribution in [0.25, 0.3) is 6.08 Å². The van der Waals surface area contributed by atoms with E-state index >= 15 is 0 Å². The van der Waals surface area contributed by atoms with Crippen molar-refractivity contribution in [2.24, 2.45) is 0 Å². The van der Waals surface area contributed by atoms with Crippen LogP contribution in [0.4, 0.5) is 0 Å². The van der Waals surface area contributed by atoms with Gasteiger partial charge in [-0.2, -0.15) is 5.10 Å². The number of aryl methyl sites for hydroxylation is 3. The molecular formula is C26H30BrN3O3. The molecule has 0 bridgehead atoms. The van der Waals surface area contributed by atoms with E-state index in [2.05, 4.69) is 26.3 Å². The number of carbonyl (C=O) groups excluding carboxylic acids is 1. The average Bonchev–Trinajstić information content (AvgIpc) is 3.06. The van der Waals surface area contributed by atoms with Gasteiger partial charge in [0.1, 0.15) is 18.1 Å². The highest BCUT2D eigenvalue weighted by Gasteiger charge is 2.08. The summed E-state index contributed by atoms with van der Waals surface area (Å²) in [6.45, 7) is 7.75. The molecule has 0 saturated heterocycles. The van der Waals surface area contributed by atoms with Gasteiger partial charge in [-0.25, -0.2) is 0 Å². The number of aromatic nitrogens is 2. The van der Waals surface area contributed by atoms with Crippen LogP contribution in [-0.2, 0) is 17.9 Å². The van der Waals surface area contributed by atoms with E-state index in [4.69, 9.17) is 9.47 Å². The average molecular weight is 512 g/mol. The molecule has 0 saturated carbocycles. The summed E-state index contributed by atoms with van der Waals surface area (Å²) >= 11 is 3.54. The summed E-state index contributed by atoms with van der Waals surface area (Å²) < 4.78 is 14.4. The summed E-state index contributed by atoms with van der Waals surface area (Å²) in [5.41, 5.74) is 5.07. The number of amides is 1. The Hall–Kier alpha value is -3.06. The zero-order valence-electron chi connectivity index (χ0n) is 19.5. The van der Waals surface area contributed by atoms with E-state index in [9.17, 15) is 4.79 Å². The number of halogens is 1. The lowest BCUT2D eigenvalue weighted by Gasteiger charge is -2.11. The lowest BCUT2D eigenvalue weighted by atomic mass is 10.1. The Morgan fingerprint density at radius 2 is 1.91 bits per heavy atom. The molecule has 6 nitrogen and oxygen atoms in total. The molecule has 3 aromatic rings. The SMILES string of the molecule is COc1ccc(/C=C/C(=O)NCCCn2nc(C)c(Br)c2C)cc1COc1ccc(C)cc1. The van der Waals surface area contributed by atoms with Crippen molar-refractivity contribution >= 4 is 27.9 Å². The first-order valence-corrected chi connectivity index (χ1v) is 11.7. The van der Waals surface area contributed by atoms with Crippen molar-refractivity contribution in [1.29, 1.82) is 0 Å². The standard InChI is InChI=1S/C26H30BrN3O3/c1-18-6-10-23(11-7-18)33-17-22-16-21(8-12-24(22)32-4)9-13-25(31)28-14-5-15-30-20(3)26(27)19(2)29-30/h6-13,16H,5,14-15,17H2,1-4H3,(H,28,31)/b13-9+. The van der Waals surface area contributed by atoms with Gasteiger partial charge in [-0.15, -0.1) is 0 Å². The Kier molecular flexibility index (Phi) is 8.72. The second-order valence-corrected chi connectivity index (χ2v) is 8.65. The second-order valence-electron chi connectivity index (χ2n) is 7.86. The minimum Gasteiger partial charge on any atom is -0.496 e. The number of ether oxygens (including phenoxy) is 2. The fourth-order valence-electron chi connectivity index (χ4n) is 3.37. The summed E-state index contributed by atoms with van der Waals surface area (Å²) in [7, 11) is 1.64. The van der Waals surface area contributed by atoms with Crippen molar-refractivity contribution in [3.05, 3.63) is 81.1 Å². The van der Waals surface area contributed by atoms with Crippen LogP contribution in [0, 0.1) is 20.8 Å². The van der Waals surface area contributed by atoms with Gasteiger partial charge in [0.15, 0.2) is 0 Å². The zero-order chi connectivity index (χ0) is 23.8. The van der Waals surface area contributed by atoms with E-state index in [0.29, 0.717) is 13.2 Å². The molecule has 2 aromatic carbocycles. The van der Waals surface area contributed by atoms with Crippen molar-refractivity contribution in [3.8, 4) is 11.5 Å². The van der Waals surface area contributed by atoms with Crippen molar-refractivity contribution in [3.63, 3.8) is 0 Å². The van der Waals surface area contributed by atoms with Gasteiger partial charge in [-0.3, -0.25) is 9.48 Å². The van der Waals surface area contributed by atoms with E-state index in [0.717, 1.165) is 51.5 Å². The normalized spacial score (nSPS) is 11.1. The first kappa shape index (κ1) is 24.6. The van der Waals surface area contributed by atoms with Crippen LogP contribution in [-0.4, -0.2) is 29.3 Å². The van der Waals surface area contributed by atoms with Gasteiger partial charge < -0.3 is 14.8 Å². The monoisotopic (exact) mass is 511 g/mol. The fourth-order valence-corrected chi connectivity index (χ4v) is 3.66. The van der Waals surface area contributed by atoms with Crippen molar-refractivity contribution < 1.29 is 14.3 Å². The Morgan fingerprint density at radius 1 is 1.15 bits per heavy atom. The van der Waals surface area contributed by atoms with Gasteiger partial charge in [-0.1, -0.05) is 23.8 Å². The van der Waals surface area contributed by atoms with Gasteiger partial charge in [0, 0.05) is 30.4 Å². The quantitative estimate of drug-likeness (QED) is 0.293. The van der Waals surface area contributed by atoms with Crippen molar-refractivity contribution in [2.75, 3.05) is 13.7 Å². The Morgan fingerprint density at radius 3 is 2.58 bits per heavy atom. The number of carbonyl (C=O) groups is 1. The molecule has 1 aromatic heterocycles. The minimum atomic E-state index is -0.127. The lowest BCUT2D eigenvalue weighted by molar-refractivity contribution is -0.116. The number of nitrogens with zero attached hydrogens (tertiary/aromatic N) is 2.